The SMILES string of the molecule is Br[C@@H]1CCC[C@H]2O[C@@H]12. The first-order valence-electron chi connectivity index (χ1n) is 3.17. The van der Waals surface area contributed by atoms with E-state index in [2.05, 4.69) is 15.9 Å². The van der Waals surface area contributed by atoms with E-state index < -0.39 is 0 Å². The van der Waals surface area contributed by atoms with Gasteiger partial charge in [0.25, 0.3) is 0 Å². The fraction of sp³-hybridized carbons (Fsp3) is 1.00. The Labute approximate surface area is 57.5 Å². The van der Waals surface area contributed by atoms with Crippen LogP contribution in [0.15, 0.2) is 0 Å². The van der Waals surface area contributed by atoms with Crippen LogP contribution < -0.4 is 0 Å². The fourth-order valence-electron chi connectivity index (χ4n) is 1.39. The molecule has 0 aromatic heterocycles. The molecule has 1 nitrogen and oxygen atoms in total. The maximum Gasteiger partial charge on any atom is 0.0966 e. The number of alkyl halides is 1. The molecule has 1 heterocycles. The maximum atomic E-state index is 5.34. The topological polar surface area (TPSA) is 12.5 Å². The second-order valence-corrected chi connectivity index (χ2v) is 3.76. The first-order chi connectivity index (χ1) is 3.88. The number of hydrogen-bond donors (Lipinski definition) is 0. The predicted molar refractivity (Wildman–Crippen MR) is 35.2 cm³/mol. The highest BCUT2D eigenvalue weighted by atomic mass is 79.9. The number of halogens is 1. The van der Waals surface area contributed by atoms with Gasteiger partial charge in [-0.1, -0.05) is 15.9 Å². The Morgan fingerprint density at radius 2 is 2.25 bits per heavy atom. The van der Waals surface area contributed by atoms with E-state index in [1.54, 1.807) is 0 Å². The first-order valence-corrected chi connectivity index (χ1v) is 4.09. The highest BCUT2D eigenvalue weighted by Gasteiger charge is 2.45. The summed E-state index contributed by atoms with van der Waals surface area (Å²) in [7, 11) is 0. The molecule has 2 fully saturated rings. The third kappa shape index (κ3) is 0.705. The van der Waals surface area contributed by atoms with Gasteiger partial charge >= 0.3 is 0 Å². The van der Waals surface area contributed by atoms with E-state index in [4.69, 9.17) is 4.74 Å². The van der Waals surface area contributed by atoms with Gasteiger partial charge < -0.3 is 4.74 Å². The Bertz CT molecular complexity index is 105. The van der Waals surface area contributed by atoms with Gasteiger partial charge in [0.15, 0.2) is 0 Å². The molecule has 0 amide bonds. The van der Waals surface area contributed by atoms with Crippen LogP contribution in [-0.2, 0) is 4.74 Å². The van der Waals surface area contributed by atoms with E-state index in [0.717, 1.165) is 0 Å². The molecule has 1 saturated heterocycles. The molecule has 2 rings (SSSR count). The smallest absolute Gasteiger partial charge is 0.0966 e. The molecule has 0 aromatic rings. The molecule has 8 heavy (non-hydrogen) atoms. The minimum absolute atomic E-state index is 0.587. The minimum atomic E-state index is 0.587. The Morgan fingerprint density at radius 3 is 2.88 bits per heavy atom. The van der Waals surface area contributed by atoms with Crippen LogP contribution in [-0.4, -0.2) is 17.0 Å². The van der Waals surface area contributed by atoms with Gasteiger partial charge in [-0.25, -0.2) is 0 Å². The maximum absolute atomic E-state index is 5.34. The Hall–Kier alpha value is 0.440. The van der Waals surface area contributed by atoms with Crippen LogP contribution in [0.2, 0.25) is 0 Å². The van der Waals surface area contributed by atoms with Crippen molar-refractivity contribution in [2.45, 2.75) is 36.3 Å². The van der Waals surface area contributed by atoms with Gasteiger partial charge in [0.2, 0.25) is 0 Å². The molecule has 0 unspecified atom stereocenters. The van der Waals surface area contributed by atoms with Crippen molar-refractivity contribution in [1.82, 2.24) is 0 Å². The number of fused-ring (bicyclic) bond motifs is 1. The fourth-order valence-corrected chi connectivity index (χ4v) is 2.17. The van der Waals surface area contributed by atoms with Crippen LogP contribution in [0.25, 0.3) is 0 Å². The quantitative estimate of drug-likeness (QED) is 0.405. The summed E-state index contributed by atoms with van der Waals surface area (Å²) in [6.07, 6.45) is 5.17. The summed E-state index contributed by atoms with van der Waals surface area (Å²) >= 11 is 3.57. The molecule has 2 heteroatoms. The average Bonchev–Trinajstić information content (AvgIpc) is 2.45. The van der Waals surface area contributed by atoms with Crippen LogP contribution in [0.3, 0.4) is 0 Å². The highest BCUT2D eigenvalue weighted by molar-refractivity contribution is 9.09. The molecule has 0 bridgehead atoms. The standard InChI is InChI=1S/C6H9BrO/c7-4-2-1-3-5-6(4)8-5/h4-6H,1-3H2/t4-,5-,6+/m1/s1. The van der Waals surface area contributed by atoms with Crippen LogP contribution in [0.5, 0.6) is 0 Å². The van der Waals surface area contributed by atoms with Gasteiger partial charge in [-0.15, -0.1) is 0 Å². The van der Waals surface area contributed by atoms with Crippen molar-refractivity contribution in [1.29, 1.82) is 0 Å². The highest BCUT2D eigenvalue weighted by Crippen LogP contribution is 2.39. The predicted octanol–water partition coefficient (Wildman–Crippen LogP) is 1.70. The molecule has 3 atom stereocenters. The van der Waals surface area contributed by atoms with Crippen molar-refractivity contribution in [2.75, 3.05) is 0 Å². The van der Waals surface area contributed by atoms with E-state index in [0.29, 0.717) is 17.0 Å². The lowest BCUT2D eigenvalue weighted by atomic mass is 10.0. The number of epoxide rings is 1. The van der Waals surface area contributed by atoms with Gasteiger partial charge in [-0.3, -0.25) is 0 Å². The monoisotopic (exact) mass is 176 g/mol. The van der Waals surface area contributed by atoms with Crippen molar-refractivity contribution < 1.29 is 4.74 Å². The zero-order chi connectivity index (χ0) is 5.56. The molecule has 46 valence electrons. The molecule has 1 aliphatic heterocycles. The van der Waals surface area contributed by atoms with E-state index in [9.17, 15) is 0 Å². The van der Waals surface area contributed by atoms with E-state index in [1.165, 1.54) is 19.3 Å². The van der Waals surface area contributed by atoms with Gasteiger partial charge in [0.1, 0.15) is 0 Å². The number of hydrogen-bond acceptors (Lipinski definition) is 1. The molecule has 1 saturated carbocycles. The number of ether oxygens (including phenoxy) is 1. The van der Waals surface area contributed by atoms with Gasteiger partial charge in [0, 0.05) is 4.83 Å². The molecule has 0 aromatic carbocycles. The average molecular weight is 177 g/mol. The summed E-state index contributed by atoms with van der Waals surface area (Å²) in [5, 5.41) is 0. The lowest BCUT2D eigenvalue weighted by Gasteiger charge is -2.09. The second kappa shape index (κ2) is 1.71. The zero-order valence-electron chi connectivity index (χ0n) is 4.64. The van der Waals surface area contributed by atoms with Gasteiger partial charge in [-0.2, -0.15) is 0 Å². The van der Waals surface area contributed by atoms with Crippen LogP contribution in [0, 0.1) is 0 Å². The summed E-state index contributed by atoms with van der Waals surface area (Å²) in [5.74, 6) is 0. The zero-order valence-corrected chi connectivity index (χ0v) is 6.23. The Balaban J connectivity index is 1.99. The normalized spacial score (nSPS) is 52.9. The molecule has 0 N–H and O–H groups in total. The second-order valence-electron chi connectivity index (χ2n) is 2.59. The summed E-state index contributed by atoms with van der Waals surface area (Å²) in [4.78, 5) is 0.668. The molecular weight excluding hydrogens is 168 g/mol. The summed E-state index contributed by atoms with van der Waals surface area (Å²) in [5.41, 5.74) is 0. The summed E-state index contributed by atoms with van der Waals surface area (Å²) in [6, 6.07) is 0. The lowest BCUT2D eigenvalue weighted by molar-refractivity contribution is 0.376. The largest absolute Gasteiger partial charge is 0.368 e. The Morgan fingerprint density at radius 1 is 1.38 bits per heavy atom. The van der Waals surface area contributed by atoms with E-state index in [-0.39, 0.29) is 0 Å². The van der Waals surface area contributed by atoms with Gasteiger partial charge in [-0.05, 0) is 19.3 Å². The van der Waals surface area contributed by atoms with Crippen LogP contribution >= 0.6 is 15.9 Å². The van der Waals surface area contributed by atoms with Crippen molar-refractivity contribution in [2.24, 2.45) is 0 Å². The first kappa shape index (κ1) is 5.24. The van der Waals surface area contributed by atoms with Crippen molar-refractivity contribution >= 4 is 15.9 Å². The molecule has 1 aliphatic carbocycles. The summed E-state index contributed by atoms with van der Waals surface area (Å²) < 4.78 is 5.34. The molecule has 0 spiro atoms. The van der Waals surface area contributed by atoms with E-state index in [1.807, 2.05) is 0 Å². The minimum Gasteiger partial charge on any atom is -0.368 e. The Kier molecular flexibility index (Phi) is 1.12. The van der Waals surface area contributed by atoms with Crippen molar-refractivity contribution in [3.63, 3.8) is 0 Å². The third-order valence-electron chi connectivity index (χ3n) is 1.95. The van der Waals surface area contributed by atoms with Gasteiger partial charge in [0.05, 0.1) is 12.2 Å². The van der Waals surface area contributed by atoms with Crippen molar-refractivity contribution in [3.8, 4) is 0 Å². The van der Waals surface area contributed by atoms with E-state index >= 15 is 0 Å². The molecule has 0 radical (unpaired) electrons. The number of rotatable bonds is 0. The third-order valence-corrected chi connectivity index (χ3v) is 2.93. The van der Waals surface area contributed by atoms with Crippen LogP contribution in [0.4, 0.5) is 0 Å². The lowest BCUT2D eigenvalue weighted by Crippen LogP contribution is -2.14. The summed E-state index contributed by atoms with van der Waals surface area (Å²) in [6.45, 7) is 0. The molecule has 2 aliphatic rings. The van der Waals surface area contributed by atoms with Crippen molar-refractivity contribution in [3.05, 3.63) is 0 Å². The van der Waals surface area contributed by atoms with Crippen LogP contribution in [0.1, 0.15) is 19.3 Å². The molecular formula is C6H9BrO.